The lowest BCUT2D eigenvalue weighted by Crippen LogP contribution is -2.19. The van der Waals surface area contributed by atoms with Crippen LogP contribution in [0.4, 0.5) is 4.39 Å². The number of carbonyl (C=O) groups is 1. The van der Waals surface area contributed by atoms with E-state index in [4.69, 9.17) is 5.26 Å². The third-order valence-electron chi connectivity index (χ3n) is 2.25. The minimum absolute atomic E-state index is 0.0252. The van der Waals surface area contributed by atoms with Crippen molar-refractivity contribution in [2.45, 2.75) is 13.0 Å². The van der Waals surface area contributed by atoms with Gasteiger partial charge >= 0.3 is 5.97 Å². The lowest BCUT2D eigenvalue weighted by Gasteiger charge is -2.06. The second-order valence-electron chi connectivity index (χ2n) is 3.39. The first-order chi connectivity index (χ1) is 8.19. The molecule has 1 N–H and O–H groups in total. The van der Waals surface area contributed by atoms with Crippen LogP contribution in [0.25, 0.3) is 0 Å². The molecular weight excluding hydrogens is 223 g/mol. The summed E-state index contributed by atoms with van der Waals surface area (Å²) in [5, 5.41) is 11.6. The van der Waals surface area contributed by atoms with Crippen LogP contribution in [0.3, 0.4) is 0 Å². The summed E-state index contributed by atoms with van der Waals surface area (Å²) in [5.41, 5.74) is 0.436. The van der Waals surface area contributed by atoms with Gasteiger partial charge in [-0.3, -0.25) is 4.79 Å². The smallest absolute Gasteiger partial charge is 0.306 e. The highest BCUT2D eigenvalue weighted by Crippen LogP contribution is 2.11. The fourth-order valence-corrected chi connectivity index (χ4v) is 1.32. The van der Waals surface area contributed by atoms with Crippen LogP contribution in [0.15, 0.2) is 18.2 Å². The number of hydrogen-bond acceptors (Lipinski definition) is 4. The summed E-state index contributed by atoms with van der Waals surface area (Å²) in [6, 6.07) is 6.42. The van der Waals surface area contributed by atoms with E-state index in [1.165, 1.54) is 13.2 Å². The number of ether oxygens (including phenoxy) is 1. The van der Waals surface area contributed by atoms with E-state index in [9.17, 15) is 9.18 Å². The van der Waals surface area contributed by atoms with Crippen molar-refractivity contribution in [1.82, 2.24) is 5.32 Å². The topological polar surface area (TPSA) is 62.1 Å². The third-order valence-corrected chi connectivity index (χ3v) is 2.25. The highest BCUT2D eigenvalue weighted by Gasteiger charge is 2.07. The Hall–Kier alpha value is -1.93. The fourth-order valence-electron chi connectivity index (χ4n) is 1.32. The summed E-state index contributed by atoms with van der Waals surface area (Å²) in [5.74, 6) is -0.829. The van der Waals surface area contributed by atoms with Crippen molar-refractivity contribution in [1.29, 1.82) is 5.26 Å². The van der Waals surface area contributed by atoms with Gasteiger partial charge in [-0.05, 0) is 6.07 Å². The minimum atomic E-state index is -0.513. The molecule has 0 amide bonds. The molecule has 5 heteroatoms. The van der Waals surface area contributed by atoms with Gasteiger partial charge in [-0.25, -0.2) is 4.39 Å². The Kier molecular flexibility index (Phi) is 5.11. The van der Waals surface area contributed by atoms with E-state index in [1.807, 2.05) is 0 Å². The van der Waals surface area contributed by atoms with E-state index in [0.717, 1.165) is 0 Å². The van der Waals surface area contributed by atoms with Crippen LogP contribution < -0.4 is 5.32 Å². The van der Waals surface area contributed by atoms with Gasteiger partial charge in [-0.15, -0.1) is 0 Å². The van der Waals surface area contributed by atoms with E-state index in [0.29, 0.717) is 12.1 Å². The maximum absolute atomic E-state index is 13.6. The van der Waals surface area contributed by atoms with Crippen LogP contribution in [0, 0.1) is 17.1 Å². The van der Waals surface area contributed by atoms with Gasteiger partial charge in [0.1, 0.15) is 11.9 Å². The number of nitriles is 1. The lowest BCUT2D eigenvalue weighted by molar-refractivity contribution is -0.140. The van der Waals surface area contributed by atoms with Gasteiger partial charge in [-0.2, -0.15) is 5.26 Å². The Morgan fingerprint density at radius 1 is 1.59 bits per heavy atom. The summed E-state index contributed by atoms with van der Waals surface area (Å²) in [4.78, 5) is 10.8. The number of benzene rings is 1. The molecule has 0 atom stereocenters. The van der Waals surface area contributed by atoms with Crippen molar-refractivity contribution in [3.8, 4) is 6.07 Å². The molecule has 0 unspecified atom stereocenters. The molecule has 1 aromatic carbocycles. The van der Waals surface area contributed by atoms with Crippen LogP contribution in [0.5, 0.6) is 0 Å². The molecule has 4 nitrogen and oxygen atoms in total. The molecule has 0 heterocycles. The van der Waals surface area contributed by atoms with Gasteiger partial charge in [0, 0.05) is 18.7 Å². The molecule has 0 saturated carbocycles. The highest BCUT2D eigenvalue weighted by atomic mass is 19.1. The Morgan fingerprint density at radius 3 is 3.00 bits per heavy atom. The molecule has 0 fully saturated rings. The molecule has 0 saturated heterocycles. The average Bonchev–Trinajstić information content (AvgIpc) is 2.36. The van der Waals surface area contributed by atoms with Crippen molar-refractivity contribution < 1.29 is 13.9 Å². The molecule has 1 aromatic rings. The van der Waals surface area contributed by atoms with Crippen LogP contribution >= 0.6 is 0 Å². The summed E-state index contributed by atoms with van der Waals surface area (Å²) >= 11 is 0. The summed E-state index contributed by atoms with van der Waals surface area (Å²) < 4.78 is 18.0. The number of nitrogens with one attached hydrogen (secondary N) is 1. The summed E-state index contributed by atoms with van der Waals surface area (Å²) in [7, 11) is 1.32. The first-order valence-corrected chi connectivity index (χ1v) is 5.14. The lowest BCUT2D eigenvalue weighted by atomic mass is 10.1. The van der Waals surface area contributed by atoms with Gasteiger partial charge in [0.15, 0.2) is 0 Å². The predicted octanol–water partition coefficient (Wildman–Crippen LogP) is 1.35. The van der Waals surface area contributed by atoms with Crippen molar-refractivity contribution in [2.24, 2.45) is 0 Å². The number of carbonyl (C=O) groups excluding carboxylic acids is 1. The second kappa shape index (κ2) is 6.61. The predicted molar refractivity (Wildman–Crippen MR) is 59.5 cm³/mol. The standard InChI is InChI=1S/C12H13FN2O2/c1-17-11(16)5-6-15-8-10-4-2-3-9(7-14)12(10)13/h2-4,15H,5-6,8H2,1H3. The van der Waals surface area contributed by atoms with E-state index >= 15 is 0 Å². The number of methoxy groups -OCH3 is 1. The normalized spacial score (nSPS) is 9.71. The molecule has 0 bridgehead atoms. The molecule has 0 aliphatic heterocycles. The van der Waals surface area contributed by atoms with Crippen LogP contribution in [-0.4, -0.2) is 19.6 Å². The largest absolute Gasteiger partial charge is 0.469 e. The number of nitrogens with zero attached hydrogens (tertiary/aromatic N) is 1. The molecular formula is C12H13FN2O2. The number of rotatable bonds is 5. The van der Waals surface area contributed by atoms with Crippen molar-refractivity contribution >= 4 is 5.97 Å². The van der Waals surface area contributed by atoms with Crippen molar-refractivity contribution in [3.05, 3.63) is 35.1 Å². The molecule has 0 spiro atoms. The Morgan fingerprint density at radius 2 is 2.35 bits per heavy atom. The van der Waals surface area contributed by atoms with Crippen LogP contribution in [0.2, 0.25) is 0 Å². The van der Waals surface area contributed by atoms with Crippen molar-refractivity contribution in [2.75, 3.05) is 13.7 Å². The molecule has 0 aliphatic rings. The van der Waals surface area contributed by atoms with Crippen LogP contribution in [0.1, 0.15) is 17.5 Å². The van der Waals surface area contributed by atoms with E-state index in [-0.39, 0.29) is 24.5 Å². The van der Waals surface area contributed by atoms with Gasteiger partial charge in [-0.1, -0.05) is 12.1 Å². The molecule has 0 aromatic heterocycles. The van der Waals surface area contributed by atoms with Crippen molar-refractivity contribution in [3.63, 3.8) is 0 Å². The molecule has 1 rings (SSSR count). The van der Waals surface area contributed by atoms with Gasteiger partial charge in [0.25, 0.3) is 0 Å². The maximum atomic E-state index is 13.6. The number of esters is 1. The molecule has 17 heavy (non-hydrogen) atoms. The van der Waals surface area contributed by atoms with Crippen LogP contribution in [-0.2, 0) is 16.1 Å². The SMILES string of the molecule is COC(=O)CCNCc1cccc(C#N)c1F. The van der Waals surface area contributed by atoms with Gasteiger partial charge in [0.05, 0.1) is 19.1 Å². The molecule has 0 radical (unpaired) electrons. The average molecular weight is 236 g/mol. The van der Waals surface area contributed by atoms with Gasteiger partial charge in [0.2, 0.25) is 0 Å². The monoisotopic (exact) mass is 236 g/mol. The van der Waals surface area contributed by atoms with E-state index in [1.54, 1.807) is 18.2 Å². The summed E-state index contributed by atoms with van der Waals surface area (Å²) in [6.07, 6.45) is 0.232. The zero-order valence-corrected chi connectivity index (χ0v) is 9.50. The quantitative estimate of drug-likeness (QED) is 0.619. The Bertz CT molecular complexity index is 441. The Labute approximate surface area is 99.0 Å². The molecule has 90 valence electrons. The number of halogens is 1. The van der Waals surface area contributed by atoms with Gasteiger partial charge < -0.3 is 10.1 Å². The zero-order valence-electron chi connectivity index (χ0n) is 9.50. The van der Waals surface area contributed by atoms with E-state index < -0.39 is 5.82 Å². The first kappa shape index (κ1) is 13.1. The molecule has 0 aliphatic carbocycles. The minimum Gasteiger partial charge on any atom is -0.469 e. The first-order valence-electron chi connectivity index (χ1n) is 5.14. The summed E-state index contributed by atoms with van der Waals surface area (Å²) in [6.45, 7) is 0.682. The Balaban J connectivity index is 2.48. The number of hydrogen-bond donors (Lipinski definition) is 1. The fraction of sp³-hybridized carbons (Fsp3) is 0.333. The third kappa shape index (κ3) is 3.85. The maximum Gasteiger partial charge on any atom is 0.306 e. The van der Waals surface area contributed by atoms with E-state index in [2.05, 4.69) is 10.1 Å². The second-order valence-corrected chi connectivity index (χ2v) is 3.39. The zero-order chi connectivity index (χ0) is 12.7. The highest BCUT2D eigenvalue weighted by molar-refractivity contribution is 5.69.